The first-order valence-corrected chi connectivity index (χ1v) is 7.97. The number of nitrogens with zero attached hydrogens (tertiary/aromatic N) is 2. The number of hydrogen-bond acceptors (Lipinski definition) is 2. The SMILES string of the molecule is CN=C(NCC(=O)N1CCCCC1)NCc1ccc(C)cc1.I. The number of guanidine groups is 1. The number of aliphatic imine (C=N–C) groups is 1. The van der Waals surface area contributed by atoms with Crippen LogP contribution in [0.15, 0.2) is 29.3 Å². The lowest BCUT2D eigenvalue weighted by molar-refractivity contribution is -0.130. The maximum Gasteiger partial charge on any atom is 0.241 e. The first kappa shape index (κ1) is 19.7. The Kier molecular flexibility index (Phi) is 8.98. The molecule has 1 fully saturated rings. The summed E-state index contributed by atoms with van der Waals surface area (Å²) in [5.74, 6) is 0.809. The topological polar surface area (TPSA) is 56.7 Å². The van der Waals surface area contributed by atoms with E-state index in [0.717, 1.165) is 25.9 Å². The number of carbonyl (C=O) groups excluding carboxylic acids is 1. The van der Waals surface area contributed by atoms with Crippen molar-refractivity contribution in [2.45, 2.75) is 32.7 Å². The van der Waals surface area contributed by atoms with Gasteiger partial charge in [-0.05, 0) is 31.7 Å². The summed E-state index contributed by atoms with van der Waals surface area (Å²) in [5, 5.41) is 6.33. The molecule has 0 saturated carbocycles. The van der Waals surface area contributed by atoms with Crippen LogP contribution in [0, 0.1) is 6.92 Å². The highest BCUT2D eigenvalue weighted by atomic mass is 127. The van der Waals surface area contributed by atoms with Gasteiger partial charge < -0.3 is 15.5 Å². The van der Waals surface area contributed by atoms with Crippen LogP contribution in [-0.2, 0) is 11.3 Å². The average Bonchev–Trinajstić information content (AvgIpc) is 2.57. The van der Waals surface area contributed by atoms with Crippen LogP contribution in [0.5, 0.6) is 0 Å². The van der Waals surface area contributed by atoms with Gasteiger partial charge in [0, 0.05) is 26.7 Å². The summed E-state index contributed by atoms with van der Waals surface area (Å²) in [7, 11) is 1.72. The van der Waals surface area contributed by atoms with Crippen molar-refractivity contribution in [3.8, 4) is 0 Å². The van der Waals surface area contributed by atoms with Gasteiger partial charge in [-0.25, -0.2) is 0 Å². The minimum Gasteiger partial charge on any atom is -0.352 e. The van der Waals surface area contributed by atoms with Crippen molar-refractivity contribution >= 4 is 35.8 Å². The molecule has 1 aliphatic rings. The Balaban J connectivity index is 0.00000264. The molecule has 23 heavy (non-hydrogen) atoms. The Hall–Kier alpha value is -1.31. The summed E-state index contributed by atoms with van der Waals surface area (Å²) in [6.45, 7) is 4.83. The summed E-state index contributed by atoms with van der Waals surface area (Å²) in [6.07, 6.45) is 3.47. The summed E-state index contributed by atoms with van der Waals surface area (Å²) in [5.41, 5.74) is 2.44. The van der Waals surface area contributed by atoms with Gasteiger partial charge in [0.05, 0.1) is 6.54 Å². The monoisotopic (exact) mass is 430 g/mol. The fraction of sp³-hybridized carbons (Fsp3) is 0.529. The highest BCUT2D eigenvalue weighted by Gasteiger charge is 2.16. The third-order valence-corrected chi connectivity index (χ3v) is 3.92. The standard InChI is InChI=1S/C17H26N4O.HI/c1-14-6-8-15(9-7-14)12-19-17(18-2)20-13-16(22)21-10-4-3-5-11-21;/h6-9H,3-5,10-13H2,1-2H3,(H2,18,19,20);1H. The Morgan fingerprint density at radius 3 is 2.39 bits per heavy atom. The van der Waals surface area contributed by atoms with E-state index in [-0.39, 0.29) is 29.9 Å². The summed E-state index contributed by atoms with van der Waals surface area (Å²) in [6, 6.07) is 8.36. The van der Waals surface area contributed by atoms with Crippen molar-refractivity contribution in [2.75, 3.05) is 26.7 Å². The molecule has 6 heteroatoms. The molecule has 2 N–H and O–H groups in total. The molecular formula is C17H27IN4O. The summed E-state index contributed by atoms with van der Waals surface area (Å²) >= 11 is 0. The second-order valence-corrected chi connectivity index (χ2v) is 5.71. The van der Waals surface area contributed by atoms with E-state index in [1.165, 1.54) is 17.5 Å². The van der Waals surface area contributed by atoms with Gasteiger partial charge in [-0.2, -0.15) is 0 Å². The van der Waals surface area contributed by atoms with E-state index < -0.39 is 0 Å². The Morgan fingerprint density at radius 1 is 1.13 bits per heavy atom. The van der Waals surface area contributed by atoms with Gasteiger partial charge in [0.15, 0.2) is 5.96 Å². The number of amides is 1. The van der Waals surface area contributed by atoms with Crippen molar-refractivity contribution in [2.24, 2.45) is 4.99 Å². The first-order chi connectivity index (χ1) is 10.7. The van der Waals surface area contributed by atoms with Gasteiger partial charge >= 0.3 is 0 Å². The molecule has 0 aliphatic carbocycles. The van der Waals surface area contributed by atoms with Crippen LogP contribution in [0.3, 0.4) is 0 Å². The molecular weight excluding hydrogens is 403 g/mol. The van der Waals surface area contributed by atoms with Crippen LogP contribution in [-0.4, -0.2) is 43.4 Å². The molecule has 0 bridgehead atoms. The molecule has 0 spiro atoms. The lowest BCUT2D eigenvalue weighted by atomic mass is 10.1. The lowest BCUT2D eigenvalue weighted by Gasteiger charge is -2.27. The highest BCUT2D eigenvalue weighted by Crippen LogP contribution is 2.08. The maximum absolute atomic E-state index is 12.1. The van der Waals surface area contributed by atoms with E-state index in [0.29, 0.717) is 19.0 Å². The van der Waals surface area contributed by atoms with Crippen molar-refractivity contribution in [1.29, 1.82) is 0 Å². The second kappa shape index (κ2) is 10.5. The van der Waals surface area contributed by atoms with Gasteiger partial charge in [-0.15, -0.1) is 24.0 Å². The Bertz CT molecular complexity index is 510. The van der Waals surface area contributed by atoms with Crippen molar-refractivity contribution in [1.82, 2.24) is 15.5 Å². The lowest BCUT2D eigenvalue weighted by Crippen LogP contribution is -2.45. The largest absolute Gasteiger partial charge is 0.352 e. The van der Waals surface area contributed by atoms with E-state index in [9.17, 15) is 4.79 Å². The molecule has 0 atom stereocenters. The van der Waals surface area contributed by atoms with Gasteiger partial charge in [0.25, 0.3) is 0 Å². The van der Waals surface area contributed by atoms with Crippen LogP contribution in [0.2, 0.25) is 0 Å². The van der Waals surface area contributed by atoms with Crippen molar-refractivity contribution in [3.05, 3.63) is 35.4 Å². The molecule has 5 nitrogen and oxygen atoms in total. The third kappa shape index (κ3) is 6.76. The molecule has 1 aliphatic heterocycles. The molecule has 1 aromatic rings. The third-order valence-electron chi connectivity index (χ3n) is 3.92. The Labute approximate surface area is 156 Å². The number of aryl methyl sites for hydroxylation is 1. The molecule has 1 saturated heterocycles. The fourth-order valence-corrected chi connectivity index (χ4v) is 2.53. The smallest absolute Gasteiger partial charge is 0.241 e. The van der Waals surface area contributed by atoms with E-state index in [4.69, 9.17) is 0 Å². The van der Waals surface area contributed by atoms with Crippen LogP contribution < -0.4 is 10.6 Å². The number of rotatable bonds is 4. The summed E-state index contributed by atoms with van der Waals surface area (Å²) in [4.78, 5) is 18.2. The first-order valence-electron chi connectivity index (χ1n) is 7.97. The van der Waals surface area contributed by atoms with Gasteiger partial charge in [-0.1, -0.05) is 29.8 Å². The minimum absolute atomic E-state index is 0. The van der Waals surface area contributed by atoms with E-state index in [2.05, 4.69) is 46.8 Å². The zero-order valence-corrected chi connectivity index (χ0v) is 16.3. The van der Waals surface area contributed by atoms with Crippen molar-refractivity contribution < 1.29 is 4.79 Å². The second-order valence-electron chi connectivity index (χ2n) is 5.71. The summed E-state index contributed by atoms with van der Waals surface area (Å²) < 4.78 is 0. The Morgan fingerprint density at radius 2 is 1.78 bits per heavy atom. The predicted molar refractivity (Wildman–Crippen MR) is 105 cm³/mol. The van der Waals surface area contributed by atoms with Gasteiger partial charge in [0.1, 0.15) is 0 Å². The molecule has 2 rings (SSSR count). The normalized spacial score (nSPS) is 14.9. The van der Waals surface area contributed by atoms with E-state index in [1.807, 2.05) is 4.90 Å². The molecule has 0 radical (unpaired) electrons. The van der Waals surface area contributed by atoms with E-state index >= 15 is 0 Å². The number of nitrogens with one attached hydrogen (secondary N) is 2. The van der Waals surface area contributed by atoms with Crippen LogP contribution in [0.4, 0.5) is 0 Å². The van der Waals surface area contributed by atoms with Crippen LogP contribution >= 0.6 is 24.0 Å². The van der Waals surface area contributed by atoms with Gasteiger partial charge in [0.2, 0.25) is 5.91 Å². The molecule has 0 unspecified atom stereocenters. The number of benzene rings is 1. The molecule has 0 aromatic heterocycles. The highest BCUT2D eigenvalue weighted by molar-refractivity contribution is 14.0. The average molecular weight is 430 g/mol. The predicted octanol–water partition coefficient (Wildman–Crippen LogP) is 2.29. The minimum atomic E-state index is 0. The van der Waals surface area contributed by atoms with Crippen molar-refractivity contribution in [3.63, 3.8) is 0 Å². The zero-order valence-electron chi connectivity index (χ0n) is 14.0. The number of carbonyl (C=O) groups is 1. The zero-order chi connectivity index (χ0) is 15.8. The van der Waals surface area contributed by atoms with Crippen LogP contribution in [0.1, 0.15) is 30.4 Å². The van der Waals surface area contributed by atoms with E-state index in [1.54, 1.807) is 7.05 Å². The number of halogens is 1. The molecule has 1 amide bonds. The molecule has 1 heterocycles. The van der Waals surface area contributed by atoms with Crippen LogP contribution in [0.25, 0.3) is 0 Å². The number of hydrogen-bond donors (Lipinski definition) is 2. The number of likely N-dealkylation sites (tertiary alicyclic amines) is 1. The fourth-order valence-electron chi connectivity index (χ4n) is 2.53. The quantitative estimate of drug-likeness (QED) is 0.438. The van der Waals surface area contributed by atoms with Gasteiger partial charge in [-0.3, -0.25) is 9.79 Å². The molecule has 1 aromatic carbocycles. The molecule has 128 valence electrons. The maximum atomic E-state index is 12.1. The number of piperidine rings is 1.